The van der Waals surface area contributed by atoms with Crippen molar-refractivity contribution in [3.63, 3.8) is 0 Å². The molecular formula is C11H8F3NO4S. The number of rotatable bonds is 3. The third-order valence-electron chi connectivity index (χ3n) is 2.40. The number of fused-ring (bicyclic) bond motifs is 1. The summed E-state index contributed by atoms with van der Waals surface area (Å²) in [6.07, 6.45) is 1.18. The third-order valence-corrected chi connectivity index (χ3v) is 3.36. The zero-order valence-corrected chi connectivity index (χ0v) is 10.8. The van der Waals surface area contributed by atoms with Crippen LogP contribution in [0.25, 0.3) is 10.8 Å². The fraction of sp³-hybridized carbons (Fsp3) is 0.182. The summed E-state index contributed by atoms with van der Waals surface area (Å²) in [5.41, 5.74) is -5.50. The Morgan fingerprint density at radius 3 is 2.55 bits per heavy atom. The lowest BCUT2D eigenvalue weighted by atomic mass is 10.1. The van der Waals surface area contributed by atoms with Crippen LogP contribution in [0, 0.1) is 0 Å². The molecule has 2 aromatic rings. The summed E-state index contributed by atoms with van der Waals surface area (Å²) in [7, 11) is -4.30. The molecule has 0 aliphatic heterocycles. The lowest BCUT2D eigenvalue weighted by Crippen LogP contribution is -2.28. The second-order valence-electron chi connectivity index (χ2n) is 3.69. The molecule has 5 nitrogen and oxygen atoms in total. The number of halogens is 3. The number of methoxy groups -OCH3 is 1. The Morgan fingerprint density at radius 2 is 1.95 bits per heavy atom. The first-order valence-corrected chi connectivity index (χ1v) is 6.59. The maximum atomic E-state index is 12.2. The average molecular weight is 307 g/mol. The Hall–Kier alpha value is -2.03. The molecule has 0 radical (unpaired) electrons. The van der Waals surface area contributed by atoms with Crippen LogP contribution in [-0.4, -0.2) is 26.0 Å². The Bertz CT molecular complexity index is 743. The number of nitrogens with zero attached hydrogens (tertiary/aromatic N) is 1. The van der Waals surface area contributed by atoms with E-state index in [1.807, 2.05) is 0 Å². The van der Waals surface area contributed by atoms with Crippen molar-refractivity contribution < 1.29 is 30.5 Å². The minimum Gasteiger partial charge on any atom is -0.496 e. The van der Waals surface area contributed by atoms with Gasteiger partial charge < -0.3 is 8.92 Å². The third kappa shape index (κ3) is 2.62. The number of benzene rings is 1. The second-order valence-corrected chi connectivity index (χ2v) is 5.22. The summed E-state index contributed by atoms with van der Waals surface area (Å²) < 4.78 is 67.3. The molecule has 0 atom stereocenters. The van der Waals surface area contributed by atoms with Crippen molar-refractivity contribution in [2.75, 3.05) is 7.11 Å². The van der Waals surface area contributed by atoms with Gasteiger partial charge in [0.2, 0.25) is 5.88 Å². The van der Waals surface area contributed by atoms with Gasteiger partial charge in [-0.05, 0) is 11.5 Å². The highest BCUT2D eigenvalue weighted by Gasteiger charge is 2.48. The van der Waals surface area contributed by atoms with Crippen molar-refractivity contribution in [3.05, 3.63) is 30.5 Å². The monoisotopic (exact) mass is 307 g/mol. The van der Waals surface area contributed by atoms with E-state index in [0.717, 1.165) is 6.07 Å². The minimum atomic E-state index is -5.73. The van der Waals surface area contributed by atoms with Gasteiger partial charge >= 0.3 is 15.6 Å². The van der Waals surface area contributed by atoms with Gasteiger partial charge in [0.05, 0.1) is 7.11 Å². The first-order chi connectivity index (χ1) is 9.24. The Labute approximate surface area is 112 Å². The molecule has 0 aliphatic rings. The van der Waals surface area contributed by atoms with E-state index in [2.05, 4.69) is 9.17 Å². The van der Waals surface area contributed by atoms with Gasteiger partial charge in [0.15, 0.2) is 0 Å². The van der Waals surface area contributed by atoms with Crippen LogP contribution in [0.15, 0.2) is 30.5 Å². The number of aromatic nitrogens is 1. The summed E-state index contributed by atoms with van der Waals surface area (Å²) in [5, 5.41) is 0.957. The zero-order valence-electron chi connectivity index (χ0n) is 10.0. The first-order valence-electron chi connectivity index (χ1n) is 5.18. The summed E-state index contributed by atoms with van der Waals surface area (Å²) >= 11 is 0. The van der Waals surface area contributed by atoms with Crippen LogP contribution < -0.4 is 8.92 Å². The largest absolute Gasteiger partial charge is 0.534 e. The Morgan fingerprint density at radius 1 is 1.25 bits per heavy atom. The van der Waals surface area contributed by atoms with Gasteiger partial charge in [0.25, 0.3) is 0 Å². The van der Waals surface area contributed by atoms with E-state index in [9.17, 15) is 21.6 Å². The van der Waals surface area contributed by atoms with Crippen LogP contribution in [0.2, 0.25) is 0 Å². The average Bonchev–Trinajstić information content (AvgIpc) is 2.35. The molecule has 0 unspecified atom stereocenters. The van der Waals surface area contributed by atoms with Crippen molar-refractivity contribution in [3.8, 4) is 11.6 Å². The summed E-state index contributed by atoms with van der Waals surface area (Å²) in [6.45, 7) is 0. The number of ether oxygens (including phenoxy) is 1. The topological polar surface area (TPSA) is 65.5 Å². The van der Waals surface area contributed by atoms with Crippen molar-refractivity contribution in [2.45, 2.75) is 5.51 Å². The van der Waals surface area contributed by atoms with Crippen molar-refractivity contribution in [1.82, 2.24) is 4.98 Å². The van der Waals surface area contributed by atoms with E-state index < -0.39 is 21.5 Å². The van der Waals surface area contributed by atoms with Crippen molar-refractivity contribution >= 4 is 20.9 Å². The molecule has 1 aromatic carbocycles. The molecule has 0 saturated heterocycles. The molecule has 0 bridgehead atoms. The van der Waals surface area contributed by atoms with Crippen LogP contribution in [0.3, 0.4) is 0 Å². The summed E-state index contributed by atoms with van der Waals surface area (Å²) in [4.78, 5) is 3.53. The van der Waals surface area contributed by atoms with E-state index in [1.54, 1.807) is 18.2 Å². The number of alkyl halides is 3. The molecule has 20 heavy (non-hydrogen) atoms. The molecule has 1 heterocycles. The van der Waals surface area contributed by atoms with Gasteiger partial charge in [-0.1, -0.05) is 12.1 Å². The molecule has 0 spiro atoms. The lowest BCUT2D eigenvalue weighted by Gasteiger charge is -2.10. The van der Waals surface area contributed by atoms with E-state index in [1.165, 1.54) is 13.3 Å². The zero-order chi connectivity index (χ0) is 15.0. The van der Waals surface area contributed by atoms with Gasteiger partial charge in [-0.25, -0.2) is 4.98 Å². The van der Waals surface area contributed by atoms with E-state index >= 15 is 0 Å². The summed E-state index contributed by atoms with van der Waals surface area (Å²) in [5.74, 6) is -0.205. The molecule has 0 amide bonds. The highest BCUT2D eigenvalue weighted by Crippen LogP contribution is 2.30. The first kappa shape index (κ1) is 14.4. The van der Waals surface area contributed by atoms with E-state index in [4.69, 9.17) is 4.74 Å². The molecule has 2 rings (SSSR count). The fourth-order valence-corrected chi connectivity index (χ4v) is 1.92. The van der Waals surface area contributed by atoms with Crippen LogP contribution in [0.4, 0.5) is 13.2 Å². The molecule has 0 fully saturated rings. The lowest BCUT2D eigenvalue weighted by molar-refractivity contribution is -0.0501. The van der Waals surface area contributed by atoms with Crippen molar-refractivity contribution in [1.29, 1.82) is 0 Å². The van der Waals surface area contributed by atoms with Gasteiger partial charge in [0, 0.05) is 17.6 Å². The molecule has 1 aromatic heterocycles. The SMILES string of the molecule is COc1cccc2cc(OS(=O)(=O)C(F)(F)F)ncc12. The number of hydrogen-bond acceptors (Lipinski definition) is 5. The number of pyridine rings is 1. The molecular weight excluding hydrogens is 299 g/mol. The van der Waals surface area contributed by atoms with Crippen LogP contribution in [0.1, 0.15) is 0 Å². The highest BCUT2D eigenvalue weighted by atomic mass is 32.2. The Kier molecular flexibility index (Phi) is 3.46. The fourth-order valence-electron chi connectivity index (χ4n) is 1.51. The van der Waals surface area contributed by atoms with Gasteiger partial charge in [-0.3, -0.25) is 0 Å². The maximum Gasteiger partial charge on any atom is 0.534 e. The smallest absolute Gasteiger partial charge is 0.496 e. The van der Waals surface area contributed by atoms with Crippen LogP contribution in [-0.2, 0) is 10.1 Å². The molecule has 108 valence electrons. The molecule has 0 saturated carbocycles. The molecule has 0 aliphatic carbocycles. The highest BCUT2D eigenvalue weighted by molar-refractivity contribution is 7.87. The van der Waals surface area contributed by atoms with Gasteiger partial charge in [0.1, 0.15) is 5.75 Å². The normalized spacial score (nSPS) is 12.4. The number of hydrogen-bond donors (Lipinski definition) is 0. The van der Waals surface area contributed by atoms with E-state index in [0.29, 0.717) is 16.5 Å². The standard InChI is InChI=1S/C11H8F3NO4S/c1-18-9-4-2-3-7-5-10(15-6-8(7)9)19-20(16,17)11(12,13)14/h2-6H,1H3. The second kappa shape index (κ2) is 4.82. The predicted molar refractivity (Wildman–Crippen MR) is 63.9 cm³/mol. The van der Waals surface area contributed by atoms with Crippen molar-refractivity contribution in [2.24, 2.45) is 0 Å². The van der Waals surface area contributed by atoms with Gasteiger partial charge in [-0.2, -0.15) is 21.6 Å². The summed E-state index contributed by atoms with van der Waals surface area (Å²) in [6, 6.07) is 5.88. The maximum absolute atomic E-state index is 12.2. The van der Waals surface area contributed by atoms with E-state index in [-0.39, 0.29) is 0 Å². The quantitative estimate of drug-likeness (QED) is 0.644. The predicted octanol–water partition coefficient (Wildman–Crippen LogP) is 2.47. The molecule has 0 N–H and O–H groups in total. The van der Waals surface area contributed by atoms with Crippen LogP contribution in [0.5, 0.6) is 11.6 Å². The van der Waals surface area contributed by atoms with Crippen LogP contribution >= 0.6 is 0 Å². The minimum absolute atomic E-state index is 0.437. The molecule has 9 heteroatoms. The van der Waals surface area contributed by atoms with Gasteiger partial charge in [-0.15, -0.1) is 0 Å². The Balaban J connectivity index is 2.44.